The molecule has 4 aliphatic heterocycles. The number of likely N-dealkylation sites (tertiary alicyclic amines) is 1. The molecule has 3 saturated heterocycles. The predicted molar refractivity (Wildman–Crippen MR) is 146 cm³/mol. The van der Waals surface area contributed by atoms with E-state index in [2.05, 4.69) is 35.5 Å². The largest absolute Gasteiger partial charge is 0.465 e. The zero-order valence-electron chi connectivity index (χ0n) is 22.8. The van der Waals surface area contributed by atoms with Crippen molar-refractivity contribution in [1.82, 2.24) is 30.2 Å². The van der Waals surface area contributed by atoms with Crippen molar-refractivity contribution in [3.63, 3.8) is 0 Å². The van der Waals surface area contributed by atoms with E-state index in [1.54, 1.807) is 0 Å². The van der Waals surface area contributed by atoms with Gasteiger partial charge < -0.3 is 30.0 Å². The minimum atomic E-state index is -0.654. The van der Waals surface area contributed by atoms with Crippen LogP contribution in [-0.4, -0.2) is 88.3 Å². The van der Waals surface area contributed by atoms with Gasteiger partial charge in [-0.3, -0.25) is 9.69 Å². The summed E-state index contributed by atoms with van der Waals surface area (Å²) >= 11 is 0. The lowest BCUT2D eigenvalue weighted by atomic mass is 9.90. The van der Waals surface area contributed by atoms with Gasteiger partial charge in [-0.15, -0.1) is 0 Å². The Balaban J connectivity index is 0.918. The highest BCUT2D eigenvalue weighted by Gasteiger charge is 2.48. The first-order valence-electron chi connectivity index (χ1n) is 14.5. The highest BCUT2D eigenvalue weighted by molar-refractivity contribution is 5.95. The van der Waals surface area contributed by atoms with Gasteiger partial charge in [0.05, 0.1) is 12.7 Å². The average molecular weight is 581 g/mol. The number of halogens is 2. The number of fused-ring (bicyclic) bond motifs is 3. The maximum absolute atomic E-state index is 15.6. The molecule has 42 heavy (non-hydrogen) atoms. The van der Waals surface area contributed by atoms with E-state index < -0.39 is 17.5 Å². The van der Waals surface area contributed by atoms with E-state index in [0.717, 1.165) is 19.5 Å². The molecule has 0 saturated carbocycles. The molecule has 2 amide bonds. The van der Waals surface area contributed by atoms with E-state index in [9.17, 15) is 9.59 Å². The van der Waals surface area contributed by atoms with Crippen molar-refractivity contribution in [2.75, 3.05) is 56.1 Å². The Labute approximate surface area is 239 Å². The van der Waals surface area contributed by atoms with Gasteiger partial charge >= 0.3 is 6.09 Å². The summed E-state index contributed by atoms with van der Waals surface area (Å²) in [5, 5.41) is 5.88. The molecule has 220 valence electrons. The summed E-state index contributed by atoms with van der Waals surface area (Å²) in [6.07, 6.45) is 4.04. The molecular formula is C28H30F2N8O4. The van der Waals surface area contributed by atoms with Gasteiger partial charge in [-0.2, -0.15) is 0 Å². The van der Waals surface area contributed by atoms with Crippen LogP contribution in [0.15, 0.2) is 6.20 Å². The first-order valence-corrected chi connectivity index (χ1v) is 14.5. The van der Waals surface area contributed by atoms with E-state index in [4.69, 9.17) is 9.47 Å². The topological polar surface area (TPSA) is 138 Å². The van der Waals surface area contributed by atoms with E-state index in [1.165, 1.54) is 11.1 Å². The summed E-state index contributed by atoms with van der Waals surface area (Å²) in [6.45, 7) is 3.93. The van der Waals surface area contributed by atoms with Crippen LogP contribution in [0.4, 0.5) is 25.2 Å². The molecule has 2 atom stereocenters. The third kappa shape index (κ3) is 4.18. The van der Waals surface area contributed by atoms with Crippen LogP contribution in [0.3, 0.4) is 0 Å². The lowest BCUT2D eigenvalue weighted by Crippen LogP contribution is -2.48. The first kappa shape index (κ1) is 25.8. The van der Waals surface area contributed by atoms with Gasteiger partial charge in [0.1, 0.15) is 22.5 Å². The number of imidazole rings is 1. The number of anilines is 2. The monoisotopic (exact) mass is 580 g/mol. The molecule has 0 bridgehead atoms. The Morgan fingerprint density at radius 3 is 2.69 bits per heavy atom. The Kier molecular flexibility index (Phi) is 5.87. The molecule has 8 rings (SSSR count). The quantitative estimate of drug-likeness (QED) is 0.424. The smallest absolute Gasteiger partial charge is 0.416 e. The van der Waals surface area contributed by atoms with Crippen LogP contribution >= 0.6 is 0 Å². The molecular weight excluding hydrogens is 550 g/mol. The van der Waals surface area contributed by atoms with Crippen molar-refractivity contribution in [3.05, 3.63) is 34.8 Å². The van der Waals surface area contributed by atoms with E-state index in [1.807, 2.05) is 0 Å². The van der Waals surface area contributed by atoms with Gasteiger partial charge in [-0.1, -0.05) is 0 Å². The molecule has 12 nitrogen and oxygen atoms in total. The van der Waals surface area contributed by atoms with Crippen LogP contribution in [0.2, 0.25) is 0 Å². The number of rotatable bonds is 4. The number of amides is 2. The van der Waals surface area contributed by atoms with Crippen molar-refractivity contribution in [2.45, 2.75) is 43.6 Å². The van der Waals surface area contributed by atoms with Crippen LogP contribution in [-0.2, 0) is 22.4 Å². The Bertz CT molecular complexity index is 1570. The lowest BCUT2D eigenvalue weighted by molar-refractivity contribution is -0.118. The first-order chi connectivity index (χ1) is 20.4. The molecule has 2 aromatic heterocycles. The van der Waals surface area contributed by atoms with E-state index in [-0.39, 0.29) is 58.7 Å². The second kappa shape index (κ2) is 9.56. The SMILES string of the molecule is O=C1COc2ncc(N3CC4(CCN(CC5Cc6c(c(F)c7[nH]c([C@H]8CCNC8)nc7c6F)C5)CC4)OC3=O)nc2N1. The average Bonchev–Trinajstić information content (AvgIpc) is 3.79. The standard InChI is InChI=1S/C28H30F2N8O4/c29-20-16-7-14(8-17(16)21(30)23-22(20)35-24(36-23)15-1-4-31-9-15)11-37-5-2-28(3-6-37)13-38(27(40)42-28)18-10-32-26-25(33-18)34-19(39)12-41-26/h10,14-15,31H,1-9,11-13H2,(H,35,36)(H,33,34,39)/t15-/m0/s1. The minimum absolute atomic E-state index is 0.0916. The van der Waals surface area contributed by atoms with Gasteiger partial charge in [0.15, 0.2) is 29.9 Å². The number of hydrogen-bond donors (Lipinski definition) is 3. The van der Waals surface area contributed by atoms with Gasteiger partial charge in [-0.05, 0) is 42.9 Å². The van der Waals surface area contributed by atoms with E-state index >= 15 is 8.78 Å². The molecule has 1 unspecified atom stereocenters. The van der Waals surface area contributed by atoms with Gasteiger partial charge in [-0.25, -0.2) is 28.5 Å². The van der Waals surface area contributed by atoms with Crippen LogP contribution < -0.4 is 20.3 Å². The molecule has 6 heterocycles. The number of aromatic amines is 1. The fraction of sp³-hybridized carbons (Fsp3) is 0.536. The summed E-state index contributed by atoms with van der Waals surface area (Å²) in [7, 11) is 0. The zero-order valence-corrected chi connectivity index (χ0v) is 22.8. The van der Waals surface area contributed by atoms with Crippen LogP contribution in [0.1, 0.15) is 42.1 Å². The molecule has 1 aliphatic carbocycles. The summed E-state index contributed by atoms with van der Waals surface area (Å²) in [5.74, 6) is 0.461. The maximum Gasteiger partial charge on any atom is 0.416 e. The van der Waals surface area contributed by atoms with Crippen LogP contribution in [0.5, 0.6) is 5.88 Å². The third-order valence-electron chi connectivity index (χ3n) is 9.33. The number of hydrogen-bond acceptors (Lipinski definition) is 9. The third-order valence-corrected chi connectivity index (χ3v) is 9.33. The lowest BCUT2D eigenvalue weighted by Gasteiger charge is -2.38. The van der Waals surface area contributed by atoms with Crippen LogP contribution in [0.25, 0.3) is 11.0 Å². The van der Waals surface area contributed by atoms with Crippen LogP contribution in [0, 0.1) is 17.6 Å². The summed E-state index contributed by atoms with van der Waals surface area (Å²) in [4.78, 5) is 44.3. The number of benzene rings is 1. The van der Waals surface area contributed by atoms with Gasteiger partial charge in [0, 0.05) is 44.9 Å². The number of nitrogens with one attached hydrogen (secondary N) is 3. The molecule has 1 aromatic carbocycles. The molecule has 3 N–H and O–H groups in total. The molecule has 1 spiro atoms. The Hall–Kier alpha value is -3.91. The minimum Gasteiger partial charge on any atom is -0.465 e. The number of aromatic nitrogens is 4. The highest BCUT2D eigenvalue weighted by atomic mass is 19.1. The second-order valence-corrected chi connectivity index (χ2v) is 12.1. The van der Waals surface area contributed by atoms with Crippen molar-refractivity contribution in [1.29, 1.82) is 0 Å². The van der Waals surface area contributed by atoms with Crippen molar-refractivity contribution in [2.24, 2.45) is 5.92 Å². The number of ether oxygens (including phenoxy) is 2. The number of nitrogens with zero attached hydrogens (tertiary/aromatic N) is 5. The number of H-pyrrole nitrogens is 1. The summed E-state index contributed by atoms with van der Waals surface area (Å²) in [6, 6.07) is 0. The summed E-state index contributed by atoms with van der Waals surface area (Å²) in [5.41, 5.74) is 0.555. The normalized spacial score (nSPS) is 23.8. The molecule has 3 fully saturated rings. The zero-order chi connectivity index (χ0) is 28.6. The number of piperidine rings is 1. The molecule has 3 aromatic rings. The molecule has 14 heteroatoms. The van der Waals surface area contributed by atoms with Gasteiger partial charge in [0.25, 0.3) is 11.8 Å². The van der Waals surface area contributed by atoms with E-state index in [0.29, 0.717) is 68.8 Å². The second-order valence-electron chi connectivity index (χ2n) is 12.1. The van der Waals surface area contributed by atoms with Gasteiger partial charge in [0.2, 0.25) is 0 Å². The highest BCUT2D eigenvalue weighted by Crippen LogP contribution is 2.39. The fourth-order valence-electron chi connectivity index (χ4n) is 7.11. The van der Waals surface area contributed by atoms with Crippen molar-refractivity contribution < 1.29 is 27.8 Å². The van der Waals surface area contributed by atoms with Crippen molar-refractivity contribution >= 4 is 34.7 Å². The Morgan fingerprint density at radius 2 is 1.90 bits per heavy atom. The number of carbonyl (C=O) groups excluding carboxylic acids is 2. The predicted octanol–water partition coefficient (Wildman–Crippen LogP) is 2.25. The fourth-order valence-corrected chi connectivity index (χ4v) is 7.11. The molecule has 0 radical (unpaired) electrons. The Morgan fingerprint density at radius 1 is 1.10 bits per heavy atom. The maximum atomic E-state index is 15.6. The number of carbonyl (C=O) groups is 2. The molecule has 5 aliphatic rings. The summed E-state index contributed by atoms with van der Waals surface area (Å²) < 4.78 is 42.3. The van der Waals surface area contributed by atoms with Crippen molar-refractivity contribution in [3.8, 4) is 5.88 Å².